The van der Waals surface area contributed by atoms with E-state index in [0.717, 1.165) is 12.1 Å². The fourth-order valence-electron chi connectivity index (χ4n) is 3.66. The van der Waals surface area contributed by atoms with E-state index in [1.807, 2.05) is 4.68 Å². The first-order chi connectivity index (χ1) is 9.99. The van der Waals surface area contributed by atoms with E-state index >= 15 is 0 Å². The van der Waals surface area contributed by atoms with Gasteiger partial charge in [-0.2, -0.15) is 5.10 Å². The van der Waals surface area contributed by atoms with Crippen molar-refractivity contribution in [2.75, 3.05) is 14.1 Å². The summed E-state index contributed by atoms with van der Waals surface area (Å²) in [7, 11) is 4.37. The normalized spacial score (nSPS) is 20.1. The number of aromatic nitrogens is 2. The molecule has 5 heteroatoms. The van der Waals surface area contributed by atoms with Crippen LogP contribution in [0.2, 0.25) is 0 Å². The van der Waals surface area contributed by atoms with E-state index < -0.39 is 0 Å². The number of nitrogens with one attached hydrogen (secondary N) is 1. The van der Waals surface area contributed by atoms with Crippen molar-refractivity contribution in [2.45, 2.75) is 70.0 Å². The Bertz CT molecular complexity index is 432. The Balaban J connectivity index is 2.16. The van der Waals surface area contributed by atoms with Crippen molar-refractivity contribution in [2.24, 2.45) is 5.84 Å². The van der Waals surface area contributed by atoms with E-state index in [2.05, 4.69) is 55.6 Å². The Morgan fingerprint density at radius 3 is 2.48 bits per heavy atom. The number of hydrogen-bond donors (Lipinski definition) is 2. The molecule has 1 atom stereocenters. The largest absolute Gasteiger partial charge is 0.302 e. The van der Waals surface area contributed by atoms with Crippen molar-refractivity contribution in [1.29, 1.82) is 0 Å². The van der Waals surface area contributed by atoms with Crippen LogP contribution in [0.25, 0.3) is 0 Å². The van der Waals surface area contributed by atoms with E-state index in [1.165, 1.54) is 32.1 Å². The van der Waals surface area contributed by atoms with Crippen LogP contribution < -0.4 is 11.3 Å². The number of hydrogen-bond acceptors (Lipinski definition) is 4. The van der Waals surface area contributed by atoms with Crippen molar-refractivity contribution in [3.63, 3.8) is 0 Å². The standard InChI is InChI=1S/C16H31N5/c1-13(2)21-11-8-14(19-21)12-15(18-17)16(20(3)4)9-6-5-7-10-16/h8,11,13,15,18H,5-7,9-10,12,17H2,1-4H3. The van der Waals surface area contributed by atoms with Crippen molar-refractivity contribution in [3.05, 3.63) is 18.0 Å². The molecule has 0 aliphatic heterocycles. The lowest BCUT2D eigenvalue weighted by Gasteiger charge is -2.48. The fourth-order valence-corrected chi connectivity index (χ4v) is 3.66. The van der Waals surface area contributed by atoms with Crippen LogP contribution in [0.15, 0.2) is 12.3 Å². The average Bonchev–Trinajstić information content (AvgIpc) is 2.94. The van der Waals surface area contributed by atoms with Gasteiger partial charge in [0, 0.05) is 30.2 Å². The van der Waals surface area contributed by atoms with E-state index in [1.54, 1.807) is 0 Å². The van der Waals surface area contributed by atoms with Crippen LogP contribution in [0.1, 0.15) is 57.7 Å². The minimum Gasteiger partial charge on any atom is -0.302 e. The lowest BCUT2D eigenvalue weighted by atomic mass is 9.74. The molecule has 0 bridgehead atoms. The van der Waals surface area contributed by atoms with E-state index in [-0.39, 0.29) is 11.6 Å². The highest BCUT2D eigenvalue weighted by Crippen LogP contribution is 2.36. The molecule has 1 aliphatic rings. The maximum Gasteiger partial charge on any atom is 0.0641 e. The molecular formula is C16H31N5. The topological polar surface area (TPSA) is 59.1 Å². The van der Waals surface area contributed by atoms with E-state index in [9.17, 15) is 0 Å². The summed E-state index contributed by atoms with van der Waals surface area (Å²) in [6, 6.07) is 2.76. The number of nitrogens with two attached hydrogens (primary N) is 1. The summed E-state index contributed by atoms with van der Waals surface area (Å²) in [5, 5.41) is 4.69. The third kappa shape index (κ3) is 3.47. The smallest absolute Gasteiger partial charge is 0.0641 e. The van der Waals surface area contributed by atoms with Crippen LogP contribution in [0.4, 0.5) is 0 Å². The van der Waals surface area contributed by atoms with E-state index in [4.69, 9.17) is 5.84 Å². The Kier molecular flexibility index (Phi) is 5.41. The first-order valence-electron chi connectivity index (χ1n) is 8.17. The van der Waals surface area contributed by atoms with Gasteiger partial charge in [-0.3, -0.25) is 16.0 Å². The first kappa shape index (κ1) is 16.5. The Hall–Kier alpha value is -0.910. The molecule has 1 aromatic heterocycles. The molecule has 1 saturated carbocycles. The summed E-state index contributed by atoms with van der Waals surface area (Å²) in [5.41, 5.74) is 4.36. The molecule has 1 heterocycles. The molecule has 2 rings (SSSR count). The fraction of sp³-hybridized carbons (Fsp3) is 0.812. The van der Waals surface area contributed by atoms with Gasteiger partial charge in [0.15, 0.2) is 0 Å². The summed E-state index contributed by atoms with van der Waals surface area (Å²) >= 11 is 0. The van der Waals surface area contributed by atoms with Crippen LogP contribution >= 0.6 is 0 Å². The van der Waals surface area contributed by atoms with Gasteiger partial charge in [0.05, 0.1) is 5.69 Å². The van der Waals surface area contributed by atoms with Crippen LogP contribution in [0.5, 0.6) is 0 Å². The Labute approximate surface area is 128 Å². The van der Waals surface area contributed by atoms with Gasteiger partial charge in [0.25, 0.3) is 0 Å². The quantitative estimate of drug-likeness (QED) is 0.623. The first-order valence-corrected chi connectivity index (χ1v) is 8.17. The maximum atomic E-state index is 5.93. The van der Waals surface area contributed by atoms with Crippen molar-refractivity contribution < 1.29 is 0 Å². The minimum absolute atomic E-state index is 0.147. The van der Waals surface area contributed by atoms with Crippen molar-refractivity contribution >= 4 is 0 Å². The third-order valence-corrected chi connectivity index (χ3v) is 5.07. The predicted octanol–water partition coefficient (Wildman–Crippen LogP) is 2.10. The van der Waals surface area contributed by atoms with Crippen LogP contribution in [0.3, 0.4) is 0 Å². The molecule has 1 unspecified atom stereocenters. The van der Waals surface area contributed by atoms with Crippen molar-refractivity contribution in [1.82, 2.24) is 20.1 Å². The minimum atomic E-state index is 0.147. The highest BCUT2D eigenvalue weighted by Gasteiger charge is 2.41. The van der Waals surface area contributed by atoms with Gasteiger partial charge >= 0.3 is 0 Å². The molecule has 1 aromatic rings. The monoisotopic (exact) mass is 293 g/mol. The number of rotatable bonds is 6. The van der Waals surface area contributed by atoms with Crippen LogP contribution in [-0.2, 0) is 6.42 Å². The number of hydrazine groups is 1. The maximum absolute atomic E-state index is 5.93. The summed E-state index contributed by atoms with van der Waals surface area (Å²) in [6.07, 6.45) is 9.28. The molecule has 120 valence electrons. The predicted molar refractivity (Wildman–Crippen MR) is 86.9 cm³/mol. The molecule has 3 N–H and O–H groups in total. The molecule has 1 aliphatic carbocycles. The van der Waals surface area contributed by atoms with Gasteiger partial charge < -0.3 is 4.90 Å². The lowest BCUT2D eigenvalue weighted by Crippen LogP contribution is -2.62. The molecule has 1 fully saturated rings. The van der Waals surface area contributed by atoms with Gasteiger partial charge in [0.1, 0.15) is 0 Å². The summed E-state index contributed by atoms with van der Waals surface area (Å²) in [4.78, 5) is 2.37. The van der Waals surface area contributed by atoms with Gasteiger partial charge in [0.2, 0.25) is 0 Å². The zero-order valence-corrected chi connectivity index (χ0v) is 14.0. The lowest BCUT2D eigenvalue weighted by molar-refractivity contribution is 0.0564. The molecule has 0 aromatic carbocycles. The van der Waals surface area contributed by atoms with Gasteiger partial charge in [-0.15, -0.1) is 0 Å². The molecular weight excluding hydrogens is 262 g/mol. The highest BCUT2D eigenvalue weighted by molar-refractivity contribution is 5.09. The Morgan fingerprint density at radius 1 is 1.33 bits per heavy atom. The van der Waals surface area contributed by atoms with Crippen LogP contribution in [-0.4, -0.2) is 40.4 Å². The van der Waals surface area contributed by atoms with Gasteiger partial charge in [-0.25, -0.2) is 0 Å². The number of nitrogens with zero attached hydrogens (tertiary/aromatic N) is 3. The molecule has 0 spiro atoms. The highest BCUT2D eigenvalue weighted by atomic mass is 15.3. The second-order valence-corrected chi connectivity index (χ2v) is 6.86. The van der Waals surface area contributed by atoms with Gasteiger partial charge in [-0.1, -0.05) is 19.3 Å². The zero-order valence-electron chi connectivity index (χ0n) is 14.0. The molecule has 0 radical (unpaired) electrons. The second-order valence-electron chi connectivity index (χ2n) is 6.86. The SMILES string of the molecule is CC(C)n1ccc(CC(NN)C2(N(C)C)CCCCC2)n1. The molecule has 5 nitrogen and oxygen atoms in total. The number of likely N-dealkylation sites (N-methyl/N-ethyl adjacent to an activating group) is 1. The molecule has 0 amide bonds. The van der Waals surface area contributed by atoms with Crippen molar-refractivity contribution in [3.8, 4) is 0 Å². The van der Waals surface area contributed by atoms with E-state index in [0.29, 0.717) is 6.04 Å². The summed E-state index contributed by atoms with van der Waals surface area (Å²) < 4.78 is 2.02. The molecule has 0 saturated heterocycles. The average molecular weight is 293 g/mol. The van der Waals surface area contributed by atoms with Crippen LogP contribution in [0, 0.1) is 0 Å². The summed E-state index contributed by atoms with van der Waals surface area (Å²) in [6.45, 7) is 4.30. The van der Waals surface area contributed by atoms with Gasteiger partial charge in [-0.05, 0) is 46.9 Å². The zero-order chi connectivity index (χ0) is 15.5. The third-order valence-electron chi connectivity index (χ3n) is 5.07. The Morgan fingerprint density at radius 2 is 2.00 bits per heavy atom. The summed E-state index contributed by atoms with van der Waals surface area (Å²) in [5.74, 6) is 5.93. The second kappa shape index (κ2) is 6.90. The molecule has 21 heavy (non-hydrogen) atoms.